The molecular formula is C20H25Cl2NO2. The average Bonchev–Trinajstić information content (AvgIpc) is 2.60. The maximum Gasteiger partial charge on any atom is 0.166 e. The molecule has 0 aliphatic carbocycles. The van der Waals surface area contributed by atoms with E-state index < -0.39 is 0 Å². The Morgan fingerprint density at radius 3 is 2.52 bits per heavy atom. The summed E-state index contributed by atoms with van der Waals surface area (Å²) >= 11 is 12.2. The number of para-hydroxylation sites is 1. The molecule has 0 saturated heterocycles. The lowest BCUT2D eigenvalue weighted by Crippen LogP contribution is -2.24. The lowest BCUT2D eigenvalue weighted by molar-refractivity contribution is 0.266. The Hall–Kier alpha value is -1.42. The van der Waals surface area contributed by atoms with Crippen LogP contribution in [0.4, 0.5) is 0 Å². The second-order valence-electron chi connectivity index (χ2n) is 5.89. The molecule has 5 heteroatoms. The van der Waals surface area contributed by atoms with Gasteiger partial charge in [-0.25, -0.2) is 0 Å². The molecule has 2 aromatic rings. The first-order chi connectivity index (χ1) is 12.0. The summed E-state index contributed by atoms with van der Waals surface area (Å²) in [6.07, 6.45) is 1.07. The first-order valence-corrected chi connectivity index (χ1v) is 9.35. The van der Waals surface area contributed by atoms with Gasteiger partial charge in [0.25, 0.3) is 0 Å². The fraction of sp³-hybridized carbons (Fsp3) is 0.400. The molecule has 0 aliphatic rings. The lowest BCUT2D eigenvalue weighted by atomic mass is 10.1. The Kier molecular flexibility index (Phi) is 7.89. The van der Waals surface area contributed by atoms with Crippen molar-refractivity contribution in [1.82, 2.24) is 5.32 Å². The topological polar surface area (TPSA) is 30.5 Å². The predicted octanol–water partition coefficient (Wildman–Crippen LogP) is 5.86. The molecule has 0 aromatic heterocycles. The SMILES string of the molecule is CCOc1cccc(CNC(C)CC)c1OCc1ccc(Cl)cc1Cl. The maximum absolute atomic E-state index is 6.25. The summed E-state index contributed by atoms with van der Waals surface area (Å²) in [6.45, 7) is 7.95. The highest BCUT2D eigenvalue weighted by molar-refractivity contribution is 6.35. The zero-order valence-electron chi connectivity index (χ0n) is 14.9. The maximum atomic E-state index is 6.25. The Balaban J connectivity index is 2.20. The van der Waals surface area contributed by atoms with Crippen molar-refractivity contribution in [3.8, 4) is 11.5 Å². The zero-order chi connectivity index (χ0) is 18.2. The minimum atomic E-state index is 0.358. The Morgan fingerprint density at radius 1 is 1.04 bits per heavy atom. The van der Waals surface area contributed by atoms with E-state index in [-0.39, 0.29) is 0 Å². The lowest BCUT2D eigenvalue weighted by Gasteiger charge is -2.18. The third-order valence-electron chi connectivity index (χ3n) is 4.00. The minimum absolute atomic E-state index is 0.358. The summed E-state index contributed by atoms with van der Waals surface area (Å²) in [4.78, 5) is 0. The molecular weight excluding hydrogens is 357 g/mol. The van der Waals surface area contributed by atoms with E-state index in [2.05, 4.69) is 25.2 Å². The quantitative estimate of drug-likeness (QED) is 0.589. The van der Waals surface area contributed by atoms with E-state index in [1.54, 1.807) is 6.07 Å². The van der Waals surface area contributed by atoms with Gasteiger partial charge in [-0.3, -0.25) is 0 Å². The second kappa shape index (κ2) is 9.91. The normalized spacial score (nSPS) is 12.0. The number of nitrogens with one attached hydrogen (secondary N) is 1. The largest absolute Gasteiger partial charge is 0.490 e. The molecule has 0 spiro atoms. The Labute approximate surface area is 160 Å². The highest BCUT2D eigenvalue weighted by Gasteiger charge is 2.13. The van der Waals surface area contributed by atoms with Crippen LogP contribution in [0, 0.1) is 0 Å². The first kappa shape index (κ1) is 19.9. The molecule has 0 saturated carbocycles. The number of ether oxygens (including phenoxy) is 2. The molecule has 0 radical (unpaired) electrons. The molecule has 0 bridgehead atoms. The summed E-state index contributed by atoms with van der Waals surface area (Å²) in [5.41, 5.74) is 1.95. The van der Waals surface area contributed by atoms with Crippen LogP contribution in [0.3, 0.4) is 0 Å². The predicted molar refractivity (Wildman–Crippen MR) is 105 cm³/mol. The first-order valence-electron chi connectivity index (χ1n) is 8.59. The third kappa shape index (κ3) is 5.81. The Bertz CT molecular complexity index is 691. The molecule has 0 amide bonds. The second-order valence-corrected chi connectivity index (χ2v) is 6.74. The van der Waals surface area contributed by atoms with Gasteiger partial charge in [-0.1, -0.05) is 48.3 Å². The summed E-state index contributed by atoms with van der Waals surface area (Å²) < 4.78 is 11.8. The van der Waals surface area contributed by atoms with Crippen LogP contribution in [-0.4, -0.2) is 12.6 Å². The fourth-order valence-electron chi connectivity index (χ4n) is 2.35. The van der Waals surface area contributed by atoms with Gasteiger partial charge in [0.15, 0.2) is 11.5 Å². The summed E-state index contributed by atoms with van der Waals surface area (Å²) in [5.74, 6) is 1.50. The van der Waals surface area contributed by atoms with Gasteiger partial charge in [-0.15, -0.1) is 0 Å². The Morgan fingerprint density at radius 2 is 1.84 bits per heavy atom. The molecule has 0 fully saturated rings. The molecule has 2 aromatic carbocycles. The van der Waals surface area contributed by atoms with Crippen molar-refractivity contribution in [3.05, 3.63) is 57.6 Å². The third-order valence-corrected chi connectivity index (χ3v) is 4.59. The molecule has 0 aliphatic heterocycles. The molecule has 3 nitrogen and oxygen atoms in total. The minimum Gasteiger partial charge on any atom is -0.490 e. The summed E-state index contributed by atoms with van der Waals surface area (Å²) in [5, 5.41) is 4.71. The van der Waals surface area contributed by atoms with Crippen molar-refractivity contribution in [1.29, 1.82) is 0 Å². The molecule has 1 unspecified atom stereocenters. The van der Waals surface area contributed by atoms with Gasteiger partial charge < -0.3 is 14.8 Å². The van der Waals surface area contributed by atoms with E-state index in [0.29, 0.717) is 29.3 Å². The fourth-order valence-corrected chi connectivity index (χ4v) is 2.81. The smallest absolute Gasteiger partial charge is 0.166 e. The molecule has 25 heavy (non-hydrogen) atoms. The van der Waals surface area contributed by atoms with Crippen molar-refractivity contribution in [3.63, 3.8) is 0 Å². The van der Waals surface area contributed by atoms with E-state index in [1.807, 2.05) is 31.2 Å². The van der Waals surface area contributed by atoms with Gasteiger partial charge in [0.05, 0.1) is 6.61 Å². The van der Waals surface area contributed by atoms with Crippen LogP contribution < -0.4 is 14.8 Å². The standard InChI is InChI=1S/C20H25Cl2NO2/c1-4-14(3)23-12-15-7-6-8-19(24-5-2)20(15)25-13-16-9-10-17(21)11-18(16)22/h6-11,14,23H,4-5,12-13H2,1-3H3. The number of rotatable bonds is 9. The van der Waals surface area contributed by atoms with Crippen LogP contribution in [0.1, 0.15) is 38.3 Å². The summed E-state index contributed by atoms with van der Waals surface area (Å²) in [6, 6.07) is 11.8. The van der Waals surface area contributed by atoms with Gasteiger partial charge >= 0.3 is 0 Å². The van der Waals surface area contributed by atoms with Gasteiger partial charge in [0.2, 0.25) is 0 Å². The van der Waals surface area contributed by atoms with Crippen LogP contribution in [0.2, 0.25) is 10.0 Å². The highest BCUT2D eigenvalue weighted by atomic mass is 35.5. The van der Waals surface area contributed by atoms with Crippen molar-refractivity contribution in [2.45, 2.75) is 46.4 Å². The van der Waals surface area contributed by atoms with Gasteiger partial charge in [-0.05, 0) is 38.5 Å². The monoisotopic (exact) mass is 381 g/mol. The average molecular weight is 382 g/mol. The van der Waals surface area contributed by atoms with Crippen molar-refractivity contribution in [2.75, 3.05) is 6.61 Å². The molecule has 1 atom stereocenters. The zero-order valence-corrected chi connectivity index (χ0v) is 16.5. The van der Waals surface area contributed by atoms with E-state index in [1.165, 1.54) is 0 Å². The van der Waals surface area contributed by atoms with Crippen molar-refractivity contribution < 1.29 is 9.47 Å². The molecule has 0 heterocycles. The van der Waals surface area contributed by atoms with Crippen LogP contribution in [-0.2, 0) is 13.2 Å². The summed E-state index contributed by atoms with van der Waals surface area (Å²) in [7, 11) is 0. The molecule has 136 valence electrons. The number of hydrogen-bond donors (Lipinski definition) is 1. The van der Waals surface area contributed by atoms with Crippen LogP contribution in [0.5, 0.6) is 11.5 Å². The van der Waals surface area contributed by atoms with Gasteiger partial charge in [0, 0.05) is 33.8 Å². The molecule has 1 N–H and O–H groups in total. The van der Waals surface area contributed by atoms with Crippen LogP contribution >= 0.6 is 23.2 Å². The highest BCUT2D eigenvalue weighted by Crippen LogP contribution is 2.33. The number of halogens is 2. The number of benzene rings is 2. The van der Waals surface area contributed by atoms with Crippen LogP contribution in [0.25, 0.3) is 0 Å². The van der Waals surface area contributed by atoms with E-state index in [4.69, 9.17) is 32.7 Å². The van der Waals surface area contributed by atoms with Gasteiger partial charge in [-0.2, -0.15) is 0 Å². The van der Waals surface area contributed by atoms with Crippen LogP contribution in [0.15, 0.2) is 36.4 Å². The van der Waals surface area contributed by atoms with Crippen molar-refractivity contribution >= 4 is 23.2 Å². The van der Waals surface area contributed by atoms with E-state index >= 15 is 0 Å². The van der Waals surface area contributed by atoms with E-state index in [9.17, 15) is 0 Å². The number of hydrogen-bond acceptors (Lipinski definition) is 3. The van der Waals surface area contributed by atoms with E-state index in [0.717, 1.165) is 35.6 Å². The molecule has 2 rings (SSSR count). The van der Waals surface area contributed by atoms with Gasteiger partial charge in [0.1, 0.15) is 6.61 Å². The van der Waals surface area contributed by atoms with Crippen molar-refractivity contribution in [2.24, 2.45) is 0 Å².